The maximum atomic E-state index is 12.9. The van der Waals surface area contributed by atoms with Crippen molar-refractivity contribution in [3.8, 4) is 0 Å². The quantitative estimate of drug-likeness (QED) is 0.934. The van der Waals surface area contributed by atoms with E-state index in [2.05, 4.69) is 10.3 Å². The van der Waals surface area contributed by atoms with Gasteiger partial charge in [-0.05, 0) is 44.9 Å². The van der Waals surface area contributed by atoms with Gasteiger partial charge in [0.05, 0.1) is 0 Å². The first-order valence-corrected chi connectivity index (χ1v) is 6.34. The molecule has 0 spiro atoms. The van der Waals surface area contributed by atoms with E-state index in [1.54, 1.807) is 19.1 Å². The molecule has 106 valence electrons. The van der Waals surface area contributed by atoms with Gasteiger partial charge in [0.25, 0.3) is 5.91 Å². The maximum absolute atomic E-state index is 12.9. The van der Waals surface area contributed by atoms with Gasteiger partial charge in [-0.15, -0.1) is 0 Å². The van der Waals surface area contributed by atoms with Gasteiger partial charge >= 0.3 is 0 Å². The summed E-state index contributed by atoms with van der Waals surface area (Å²) in [5.41, 5.74) is 0.770. The number of nitrogens with zero attached hydrogens (tertiary/aromatic N) is 1. The van der Waals surface area contributed by atoms with Crippen molar-refractivity contribution in [3.05, 3.63) is 53.5 Å². The van der Waals surface area contributed by atoms with E-state index in [1.807, 2.05) is 13.8 Å². The normalized spacial score (nSPS) is 11.4. The predicted molar refractivity (Wildman–Crippen MR) is 72.9 cm³/mol. The molecular formula is C15H17FN2O2. The van der Waals surface area contributed by atoms with E-state index < -0.39 is 5.54 Å². The second kappa shape index (κ2) is 5.45. The van der Waals surface area contributed by atoms with E-state index in [0.717, 1.165) is 5.56 Å². The zero-order valence-electron chi connectivity index (χ0n) is 11.7. The average Bonchev–Trinajstić information content (AvgIpc) is 2.77. The molecule has 0 saturated heterocycles. The van der Waals surface area contributed by atoms with Gasteiger partial charge in [0.2, 0.25) is 0 Å². The zero-order valence-corrected chi connectivity index (χ0v) is 11.7. The molecule has 0 bridgehead atoms. The molecule has 1 N–H and O–H groups in total. The third kappa shape index (κ3) is 3.44. The lowest BCUT2D eigenvalue weighted by Gasteiger charge is -2.26. The first kappa shape index (κ1) is 14.2. The molecule has 0 unspecified atom stereocenters. The Morgan fingerprint density at radius 3 is 2.55 bits per heavy atom. The molecule has 0 aliphatic rings. The highest BCUT2D eigenvalue weighted by Gasteiger charge is 2.24. The van der Waals surface area contributed by atoms with Crippen LogP contribution in [-0.4, -0.2) is 16.4 Å². The van der Waals surface area contributed by atoms with E-state index >= 15 is 0 Å². The van der Waals surface area contributed by atoms with Gasteiger partial charge < -0.3 is 9.73 Å². The number of benzene rings is 1. The molecule has 5 heteroatoms. The summed E-state index contributed by atoms with van der Waals surface area (Å²) in [7, 11) is 0. The van der Waals surface area contributed by atoms with Crippen LogP contribution in [0.5, 0.6) is 0 Å². The highest BCUT2D eigenvalue weighted by atomic mass is 19.1. The molecule has 0 atom stereocenters. The van der Waals surface area contributed by atoms with Crippen molar-refractivity contribution in [1.82, 2.24) is 10.3 Å². The van der Waals surface area contributed by atoms with Crippen molar-refractivity contribution in [2.45, 2.75) is 32.7 Å². The van der Waals surface area contributed by atoms with E-state index in [0.29, 0.717) is 12.2 Å². The molecule has 20 heavy (non-hydrogen) atoms. The lowest BCUT2D eigenvalue weighted by Crippen LogP contribution is -2.45. The Hall–Kier alpha value is -2.17. The predicted octanol–water partition coefficient (Wildman–Crippen LogP) is 2.87. The minimum Gasteiger partial charge on any atom is -0.448 e. The lowest BCUT2D eigenvalue weighted by atomic mass is 9.94. The summed E-state index contributed by atoms with van der Waals surface area (Å²) in [6.45, 7) is 5.50. The smallest absolute Gasteiger partial charge is 0.273 e. The van der Waals surface area contributed by atoms with Crippen LogP contribution >= 0.6 is 0 Å². The molecule has 0 radical (unpaired) electrons. The van der Waals surface area contributed by atoms with Crippen LogP contribution in [0, 0.1) is 12.7 Å². The van der Waals surface area contributed by atoms with Gasteiger partial charge in [-0.1, -0.05) is 12.1 Å². The number of aryl methyl sites for hydroxylation is 1. The van der Waals surface area contributed by atoms with Crippen LogP contribution in [0.25, 0.3) is 0 Å². The SMILES string of the molecule is Cc1ocnc1C(=O)NC(C)(C)Cc1ccc(F)cc1. The minimum atomic E-state index is -0.472. The highest BCUT2D eigenvalue weighted by molar-refractivity contribution is 5.93. The van der Waals surface area contributed by atoms with Crippen LogP contribution in [-0.2, 0) is 6.42 Å². The number of hydrogen-bond acceptors (Lipinski definition) is 3. The third-order valence-electron chi connectivity index (χ3n) is 2.97. The highest BCUT2D eigenvalue weighted by Crippen LogP contribution is 2.15. The number of halogens is 1. The Morgan fingerprint density at radius 2 is 2.00 bits per heavy atom. The summed E-state index contributed by atoms with van der Waals surface area (Å²) in [4.78, 5) is 16.0. The number of hydrogen-bond donors (Lipinski definition) is 1. The Labute approximate surface area is 117 Å². The second-order valence-corrected chi connectivity index (χ2v) is 5.40. The van der Waals surface area contributed by atoms with Crippen molar-refractivity contribution in [2.75, 3.05) is 0 Å². The molecule has 1 aromatic heterocycles. The van der Waals surface area contributed by atoms with Crippen LogP contribution in [0.2, 0.25) is 0 Å². The Balaban J connectivity index is 2.05. The van der Waals surface area contributed by atoms with E-state index in [-0.39, 0.29) is 17.4 Å². The summed E-state index contributed by atoms with van der Waals surface area (Å²) in [6.07, 6.45) is 1.84. The molecule has 0 aliphatic carbocycles. The number of aromatic nitrogens is 1. The largest absolute Gasteiger partial charge is 0.448 e. The van der Waals surface area contributed by atoms with Crippen LogP contribution < -0.4 is 5.32 Å². The molecule has 2 rings (SSSR count). The summed E-state index contributed by atoms with van der Waals surface area (Å²) in [5.74, 6) is -0.0581. The first-order chi connectivity index (χ1) is 9.37. The van der Waals surface area contributed by atoms with Crippen LogP contribution in [0.3, 0.4) is 0 Å². The van der Waals surface area contributed by atoms with Gasteiger partial charge in [-0.2, -0.15) is 0 Å². The van der Waals surface area contributed by atoms with Gasteiger partial charge in [-0.25, -0.2) is 9.37 Å². The van der Waals surface area contributed by atoms with Crippen LogP contribution in [0.15, 0.2) is 35.1 Å². The van der Waals surface area contributed by atoms with Crippen molar-refractivity contribution >= 4 is 5.91 Å². The van der Waals surface area contributed by atoms with Gasteiger partial charge in [-0.3, -0.25) is 4.79 Å². The van der Waals surface area contributed by atoms with Crippen molar-refractivity contribution in [1.29, 1.82) is 0 Å². The Morgan fingerprint density at radius 1 is 1.35 bits per heavy atom. The molecular weight excluding hydrogens is 259 g/mol. The average molecular weight is 276 g/mol. The Kier molecular flexibility index (Phi) is 3.88. The molecule has 4 nitrogen and oxygen atoms in total. The molecule has 0 aliphatic heterocycles. The van der Waals surface area contributed by atoms with Gasteiger partial charge in [0.1, 0.15) is 11.6 Å². The van der Waals surface area contributed by atoms with Gasteiger partial charge in [0, 0.05) is 5.54 Å². The Bertz CT molecular complexity index is 603. The second-order valence-electron chi connectivity index (χ2n) is 5.40. The number of carbonyl (C=O) groups is 1. The fourth-order valence-corrected chi connectivity index (χ4v) is 2.05. The number of carbonyl (C=O) groups excluding carboxylic acids is 1. The third-order valence-corrected chi connectivity index (χ3v) is 2.97. The maximum Gasteiger partial charge on any atom is 0.273 e. The summed E-state index contributed by atoms with van der Waals surface area (Å²) in [6, 6.07) is 6.25. The number of amides is 1. The van der Waals surface area contributed by atoms with E-state index in [1.165, 1.54) is 18.5 Å². The topological polar surface area (TPSA) is 55.1 Å². The number of rotatable bonds is 4. The fourth-order valence-electron chi connectivity index (χ4n) is 2.05. The van der Waals surface area contributed by atoms with E-state index in [4.69, 9.17) is 4.42 Å². The van der Waals surface area contributed by atoms with Crippen molar-refractivity contribution in [3.63, 3.8) is 0 Å². The summed E-state index contributed by atoms with van der Waals surface area (Å²) < 4.78 is 17.9. The summed E-state index contributed by atoms with van der Waals surface area (Å²) in [5, 5.41) is 2.91. The molecule has 1 aromatic carbocycles. The van der Waals surface area contributed by atoms with Crippen LogP contribution in [0.4, 0.5) is 4.39 Å². The first-order valence-electron chi connectivity index (χ1n) is 6.34. The molecule has 1 heterocycles. The molecule has 0 fully saturated rings. The number of oxazole rings is 1. The van der Waals surface area contributed by atoms with Gasteiger partial charge in [0.15, 0.2) is 12.1 Å². The molecule has 1 amide bonds. The van der Waals surface area contributed by atoms with Crippen LogP contribution in [0.1, 0.15) is 35.7 Å². The van der Waals surface area contributed by atoms with E-state index in [9.17, 15) is 9.18 Å². The molecule has 0 saturated carbocycles. The summed E-state index contributed by atoms with van der Waals surface area (Å²) >= 11 is 0. The minimum absolute atomic E-state index is 0.270. The molecule has 2 aromatic rings. The standard InChI is InChI=1S/C15H17FN2O2/c1-10-13(17-9-20-10)14(19)18-15(2,3)8-11-4-6-12(16)7-5-11/h4-7,9H,8H2,1-3H3,(H,18,19). The zero-order chi connectivity index (χ0) is 14.8. The fraction of sp³-hybridized carbons (Fsp3) is 0.333. The lowest BCUT2D eigenvalue weighted by molar-refractivity contribution is 0.0907. The number of nitrogens with one attached hydrogen (secondary N) is 1. The van der Waals surface area contributed by atoms with Crippen molar-refractivity contribution in [2.24, 2.45) is 0 Å². The van der Waals surface area contributed by atoms with Crippen molar-refractivity contribution < 1.29 is 13.6 Å². The monoisotopic (exact) mass is 276 g/mol.